The van der Waals surface area contributed by atoms with E-state index in [1.54, 1.807) is 13.0 Å². The van der Waals surface area contributed by atoms with E-state index in [9.17, 15) is 8.42 Å². The van der Waals surface area contributed by atoms with Gasteiger partial charge in [0.05, 0.1) is 17.3 Å². The third-order valence-electron chi connectivity index (χ3n) is 2.93. The second-order valence-electron chi connectivity index (χ2n) is 4.49. The highest BCUT2D eigenvalue weighted by atomic mass is 35.5. The van der Waals surface area contributed by atoms with Gasteiger partial charge >= 0.3 is 0 Å². The monoisotopic (exact) mass is 342 g/mol. The van der Waals surface area contributed by atoms with E-state index < -0.39 is 10.0 Å². The molecule has 9 heteroatoms. The number of hydrogen-bond donors (Lipinski definition) is 3. The molecule has 118 valence electrons. The highest BCUT2D eigenvalue weighted by Gasteiger charge is 2.19. The second-order valence-corrected chi connectivity index (χ2v) is 6.64. The van der Waals surface area contributed by atoms with E-state index in [0.29, 0.717) is 16.8 Å². The summed E-state index contributed by atoms with van der Waals surface area (Å²) < 4.78 is 26.6. The van der Waals surface area contributed by atoms with Gasteiger partial charge in [-0.25, -0.2) is 23.1 Å². The van der Waals surface area contributed by atoms with E-state index in [0.717, 1.165) is 0 Å². The Morgan fingerprint density at radius 2 is 2.14 bits per heavy atom. The number of benzene rings is 1. The number of rotatable bonds is 5. The summed E-state index contributed by atoms with van der Waals surface area (Å²) >= 11 is 5.98. The molecule has 1 aromatic carbocycles. The molecule has 0 unspecified atom stereocenters. The van der Waals surface area contributed by atoms with Crippen LogP contribution in [0.5, 0.6) is 0 Å². The van der Waals surface area contributed by atoms with Crippen LogP contribution in [0.2, 0.25) is 5.02 Å². The van der Waals surface area contributed by atoms with Crippen molar-refractivity contribution in [2.24, 2.45) is 0 Å². The topological polar surface area (TPSA) is 118 Å². The molecule has 0 aliphatic rings. The standard InChI is InChI=1S/C13H15ClN4O3S/c1-8-10(7-16-13(15)18-8)9-2-3-11(14)12(6-9)22(20,21)17-4-5-19/h2-3,6-7,17,19H,4-5H2,1H3,(H2,15,16,18). The molecule has 0 spiro atoms. The number of anilines is 1. The van der Waals surface area contributed by atoms with E-state index in [1.807, 2.05) is 0 Å². The predicted molar refractivity (Wildman–Crippen MR) is 83.9 cm³/mol. The zero-order valence-electron chi connectivity index (χ0n) is 11.7. The average molecular weight is 343 g/mol. The highest BCUT2D eigenvalue weighted by Crippen LogP contribution is 2.29. The number of nitrogens with zero attached hydrogens (tertiary/aromatic N) is 2. The van der Waals surface area contributed by atoms with E-state index in [4.69, 9.17) is 22.4 Å². The number of aromatic nitrogens is 2. The van der Waals surface area contributed by atoms with Gasteiger partial charge in [0.15, 0.2) is 0 Å². The third-order valence-corrected chi connectivity index (χ3v) is 4.88. The van der Waals surface area contributed by atoms with Gasteiger partial charge in [-0.2, -0.15) is 0 Å². The SMILES string of the molecule is Cc1nc(N)ncc1-c1ccc(Cl)c(S(=O)(=O)NCCO)c1. The lowest BCUT2D eigenvalue weighted by Gasteiger charge is -2.11. The molecule has 0 saturated carbocycles. The molecule has 0 aliphatic heterocycles. The van der Waals surface area contributed by atoms with Gasteiger partial charge in [0, 0.05) is 18.3 Å². The molecule has 1 aromatic heterocycles. The number of nitrogens with two attached hydrogens (primary N) is 1. The molecule has 2 rings (SSSR count). The summed E-state index contributed by atoms with van der Waals surface area (Å²) in [6.07, 6.45) is 1.53. The first-order valence-corrected chi connectivity index (χ1v) is 8.21. The minimum atomic E-state index is -3.81. The van der Waals surface area contributed by atoms with Gasteiger partial charge in [0.25, 0.3) is 0 Å². The summed E-state index contributed by atoms with van der Waals surface area (Å²) in [5.74, 6) is 0.146. The molecule has 0 bridgehead atoms. The van der Waals surface area contributed by atoms with Crippen molar-refractivity contribution in [2.45, 2.75) is 11.8 Å². The van der Waals surface area contributed by atoms with Crippen LogP contribution in [0.15, 0.2) is 29.3 Å². The van der Waals surface area contributed by atoms with Crippen LogP contribution in [0.25, 0.3) is 11.1 Å². The van der Waals surface area contributed by atoms with Crippen LogP contribution in [0.3, 0.4) is 0 Å². The first-order chi connectivity index (χ1) is 10.3. The largest absolute Gasteiger partial charge is 0.395 e. The van der Waals surface area contributed by atoms with Crippen LogP contribution in [0.4, 0.5) is 5.95 Å². The van der Waals surface area contributed by atoms with Crippen molar-refractivity contribution >= 4 is 27.6 Å². The Kier molecular flexibility index (Phi) is 4.97. The van der Waals surface area contributed by atoms with Crippen LogP contribution in [0, 0.1) is 6.92 Å². The molecule has 0 aliphatic carbocycles. The molecule has 1 heterocycles. The molecule has 7 nitrogen and oxygen atoms in total. The van der Waals surface area contributed by atoms with Crippen molar-refractivity contribution < 1.29 is 13.5 Å². The van der Waals surface area contributed by atoms with Gasteiger partial charge in [0.1, 0.15) is 4.90 Å². The van der Waals surface area contributed by atoms with Crippen molar-refractivity contribution in [2.75, 3.05) is 18.9 Å². The zero-order valence-corrected chi connectivity index (χ0v) is 13.3. The van der Waals surface area contributed by atoms with Crippen LogP contribution in [0.1, 0.15) is 5.69 Å². The molecule has 0 radical (unpaired) electrons. The number of nitrogen functional groups attached to an aromatic ring is 1. The third kappa shape index (κ3) is 3.53. The van der Waals surface area contributed by atoms with Crippen molar-refractivity contribution in [1.82, 2.24) is 14.7 Å². The number of aliphatic hydroxyl groups excluding tert-OH is 1. The molecule has 4 N–H and O–H groups in total. The number of halogens is 1. The fraction of sp³-hybridized carbons (Fsp3) is 0.231. The maximum atomic E-state index is 12.2. The normalized spacial score (nSPS) is 11.6. The van der Waals surface area contributed by atoms with Gasteiger partial charge in [-0.1, -0.05) is 17.7 Å². The van der Waals surface area contributed by atoms with Crippen LogP contribution in [-0.4, -0.2) is 36.6 Å². The molecule has 0 atom stereocenters. The molecule has 22 heavy (non-hydrogen) atoms. The van der Waals surface area contributed by atoms with E-state index in [2.05, 4.69) is 14.7 Å². The Balaban J connectivity index is 2.51. The maximum absolute atomic E-state index is 12.2. The van der Waals surface area contributed by atoms with Gasteiger partial charge in [0.2, 0.25) is 16.0 Å². The molecule has 2 aromatic rings. The first-order valence-electron chi connectivity index (χ1n) is 6.34. The lowest BCUT2D eigenvalue weighted by Crippen LogP contribution is -2.26. The average Bonchev–Trinajstić information content (AvgIpc) is 2.46. The van der Waals surface area contributed by atoms with Crippen LogP contribution >= 0.6 is 11.6 Å². The van der Waals surface area contributed by atoms with Gasteiger partial charge in [-0.3, -0.25) is 0 Å². The Hall–Kier alpha value is -1.74. The Bertz CT molecular complexity index is 796. The minimum absolute atomic E-state index is 0.0728. The van der Waals surface area contributed by atoms with Gasteiger partial charge in [-0.15, -0.1) is 0 Å². The van der Waals surface area contributed by atoms with Crippen LogP contribution < -0.4 is 10.5 Å². The summed E-state index contributed by atoms with van der Waals surface area (Å²) in [5, 5.41) is 8.84. The van der Waals surface area contributed by atoms with Crippen LogP contribution in [-0.2, 0) is 10.0 Å². The number of aryl methyl sites for hydroxylation is 1. The van der Waals surface area contributed by atoms with Crippen molar-refractivity contribution in [1.29, 1.82) is 0 Å². The van der Waals surface area contributed by atoms with E-state index in [-0.39, 0.29) is 29.0 Å². The molecular weight excluding hydrogens is 328 g/mol. The number of sulfonamides is 1. The van der Waals surface area contributed by atoms with Gasteiger partial charge in [-0.05, 0) is 24.6 Å². The fourth-order valence-electron chi connectivity index (χ4n) is 1.90. The quantitative estimate of drug-likeness (QED) is 0.744. The molecule has 0 amide bonds. The summed E-state index contributed by atoms with van der Waals surface area (Å²) in [7, 11) is -3.81. The molecular formula is C13H15ClN4O3S. The van der Waals surface area contributed by atoms with Crippen molar-refractivity contribution in [3.8, 4) is 11.1 Å². The summed E-state index contributed by atoms with van der Waals surface area (Å²) in [4.78, 5) is 7.89. The zero-order chi connectivity index (χ0) is 16.3. The Morgan fingerprint density at radius 1 is 1.41 bits per heavy atom. The van der Waals surface area contributed by atoms with Crippen molar-refractivity contribution in [3.63, 3.8) is 0 Å². The number of nitrogens with one attached hydrogen (secondary N) is 1. The van der Waals surface area contributed by atoms with E-state index >= 15 is 0 Å². The summed E-state index contributed by atoms with van der Waals surface area (Å²) in [5.41, 5.74) is 7.40. The molecule has 0 fully saturated rings. The number of hydrogen-bond acceptors (Lipinski definition) is 6. The summed E-state index contributed by atoms with van der Waals surface area (Å²) in [6.45, 7) is 1.36. The van der Waals surface area contributed by atoms with E-state index in [1.165, 1.54) is 18.3 Å². The number of aliphatic hydroxyl groups is 1. The summed E-state index contributed by atoms with van der Waals surface area (Å²) in [6, 6.07) is 4.60. The second kappa shape index (κ2) is 6.57. The lowest BCUT2D eigenvalue weighted by atomic mass is 10.1. The molecule has 0 saturated heterocycles. The highest BCUT2D eigenvalue weighted by molar-refractivity contribution is 7.89. The van der Waals surface area contributed by atoms with Crippen molar-refractivity contribution in [3.05, 3.63) is 35.1 Å². The first kappa shape index (κ1) is 16.6. The predicted octanol–water partition coefficient (Wildman–Crippen LogP) is 0.958. The Morgan fingerprint density at radius 3 is 2.77 bits per heavy atom. The Labute approximate surface area is 133 Å². The maximum Gasteiger partial charge on any atom is 0.242 e. The fourth-order valence-corrected chi connectivity index (χ4v) is 3.45. The lowest BCUT2D eigenvalue weighted by molar-refractivity contribution is 0.301. The van der Waals surface area contributed by atoms with Gasteiger partial charge < -0.3 is 10.8 Å². The minimum Gasteiger partial charge on any atom is -0.395 e. The smallest absolute Gasteiger partial charge is 0.242 e.